The van der Waals surface area contributed by atoms with Crippen molar-refractivity contribution < 1.29 is 14.5 Å². The molecule has 0 aliphatic heterocycles. The summed E-state index contributed by atoms with van der Waals surface area (Å²) in [5.74, 6) is 0. The van der Waals surface area contributed by atoms with E-state index < -0.39 is 11.0 Å². The van der Waals surface area contributed by atoms with Crippen LogP contribution in [0.3, 0.4) is 0 Å². The lowest BCUT2D eigenvalue weighted by Crippen LogP contribution is -2.13. The van der Waals surface area contributed by atoms with Crippen molar-refractivity contribution in [3.63, 3.8) is 0 Å². The third-order valence-electron chi connectivity index (χ3n) is 3.10. The molecule has 2 aromatic carbocycles. The maximum atomic E-state index is 11.8. The van der Waals surface area contributed by atoms with Gasteiger partial charge in [0, 0.05) is 12.1 Å². The number of anilines is 1. The van der Waals surface area contributed by atoms with E-state index >= 15 is 0 Å². The second kappa shape index (κ2) is 6.10. The van der Waals surface area contributed by atoms with Crippen LogP contribution in [-0.4, -0.2) is 26.4 Å². The number of hydrogen-bond donors (Lipinski definition) is 2. The van der Waals surface area contributed by atoms with Gasteiger partial charge in [0.05, 0.1) is 10.6 Å². The number of ether oxygens (including phenoxy) is 1. The van der Waals surface area contributed by atoms with Gasteiger partial charge in [0.2, 0.25) is 0 Å². The summed E-state index contributed by atoms with van der Waals surface area (Å²) < 4.78 is 5.08. The normalized spacial score (nSPS) is 10.4. The molecule has 0 aliphatic carbocycles. The number of nitrogens with one attached hydrogen (secondary N) is 2. The van der Waals surface area contributed by atoms with E-state index in [0.29, 0.717) is 22.3 Å². The lowest BCUT2D eigenvalue weighted by Gasteiger charge is -2.07. The predicted octanol–water partition coefficient (Wildman–Crippen LogP) is 2.61. The van der Waals surface area contributed by atoms with E-state index in [1.807, 2.05) is 0 Å². The van der Waals surface area contributed by atoms with Gasteiger partial charge >= 0.3 is 6.09 Å². The third kappa shape index (κ3) is 3.23. The molecule has 9 nitrogen and oxygen atoms in total. The Balaban J connectivity index is 1.61. The highest BCUT2D eigenvalue weighted by atomic mass is 16.6. The molecule has 2 N–H and O–H groups in total. The number of amides is 1. The largest absolute Gasteiger partial charge is 0.444 e. The van der Waals surface area contributed by atoms with Crippen molar-refractivity contribution in [2.45, 2.75) is 6.61 Å². The fourth-order valence-electron chi connectivity index (χ4n) is 1.98. The molecule has 0 atom stereocenters. The number of para-hydroxylation sites is 1. The molecule has 0 saturated carbocycles. The Hall–Kier alpha value is -3.49. The summed E-state index contributed by atoms with van der Waals surface area (Å²) in [6.45, 7) is -0.00137. The Labute approximate surface area is 129 Å². The predicted molar refractivity (Wildman–Crippen MR) is 80.8 cm³/mol. The third-order valence-corrected chi connectivity index (χ3v) is 3.10. The topological polar surface area (TPSA) is 123 Å². The average Bonchev–Trinajstić information content (AvgIpc) is 3.03. The summed E-state index contributed by atoms with van der Waals surface area (Å²) in [4.78, 5) is 21.9. The molecule has 9 heteroatoms. The fraction of sp³-hybridized carbons (Fsp3) is 0.0714. The van der Waals surface area contributed by atoms with E-state index in [-0.39, 0.29) is 12.3 Å². The minimum Gasteiger partial charge on any atom is -0.444 e. The summed E-state index contributed by atoms with van der Waals surface area (Å²) in [5, 5.41) is 23.5. The highest BCUT2D eigenvalue weighted by Gasteiger charge is 2.10. The van der Waals surface area contributed by atoms with Crippen LogP contribution in [0, 0.1) is 10.1 Å². The van der Waals surface area contributed by atoms with Crippen LogP contribution >= 0.6 is 0 Å². The molecule has 116 valence electrons. The van der Waals surface area contributed by atoms with E-state index in [4.69, 9.17) is 4.74 Å². The number of nitro benzene ring substituents is 1. The molecule has 1 aromatic heterocycles. The number of non-ortho nitro benzene ring substituents is 1. The van der Waals surface area contributed by atoms with E-state index in [0.717, 1.165) is 0 Å². The number of benzene rings is 2. The summed E-state index contributed by atoms with van der Waals surface area (Å²) in [7, 11) is 0. The first kappa shape index (κ1) is 14.4. The number of aromatic nitrogens is 3. The average molecular weight is 313 g/mol. The van der Waals surface area contributed by atoms with Crippen LogP contribution < -0.4 is 5.32 Å². The number of fused-ring (bicyclic) bond motifs is 1. The number of carbonyl (C=O) groups excluding carboxylic acids is 1. The highest BCUT2D eigenvalue weighted by molar-refractivity contribution is 5.96. The highest BCUT2D eigenvalue weighted by Crippen LogP contribution is 2.19. The molecule has 0 radical (unpaired) electrons. The minimum absolute atomic E-state index is 0.00137. The van der Waals surface area contributed by atoms with Crippen molar-refractivity contribution in [1.29, 1.82) is 0 Å². The molecule has 0 unspecified atom stereocenters. The lowest BCUT2D eigenvalue weighted by atomic mass is 10.2. The zero-order valence-electron chi connectivity index (χ0n) is 11.7. The summed E-state index contributed by atoms with van der Waals surface area (Å²) in [6, 6.07) is 10.9. The summed E-state index contributed by atoms with van der Waals surface area (Å²) in [5.41, 5.74) is 2.25. The lowest BCUT2D eigenvalue weighted by molar-refractivity contribution is -0.384. The summed E-state index contributed by atoms with van der Waals surface area (Å²) in [6.07, 6.45) is -0.654. The van der Waals surface area contributed by atoms with E-state index in [9.17, 15) is 14.9 Å². The summed E-state index contributed by atoms with van der Waals surface area (Å²) >= 11 is 0. The van der Waals surface area contributed by atoms with Gasteiger partial charge in [0.15, 0.2) is 0 Å². The van der Waals surface area contributed by atoms with Gasteiger partial charge in [-0.25, -0.2) is 4.79 Å². The van der Waals surface area contributed by atoms with Crippen LogP contribution in [-0.2, 0) is 11.3 Å². The number of hydrogen-bond acceptors (Lipinski definition) is 6. The molecule has 1 heterocycles. The zero-order valence-corrected chi connectivity index (χ0v) is 11.7. The first-order valence-corrected chi connectivity index (χ1v) is 6.60. The van der Waals surface area contributed by atoms with Crippen molar-refractivity contribution in [3.8, 4) is 0 Å². The van der Waals surface area contributed by atoms with Gasteiger partial charge in [-0.1, -0.05) is 6.07 Å². The Kier molecular flexibility index (Phi) is 3.83. The Morgan fingerprint density at radius 2 is 2.00 bits per heavy atom. The van der Waals surface area contributed by atoms with Crippen molar-refractivity contribution in [2.75, 3.05) is 5.32 Å². The van der Waals surface area contributed by atoms with Crippen molar-refractivity contribution in [3.05, 3.63) is 58.1 Å². The van der Waals surface area contributed by atoms with Gasteiger partial charge in [-0.2, -0.15) is 15.4 Å². The van der Waals surface area contributed by atoms with Gasteiger partial charge in [0.1, 0.15) is 17.6 Å². The number of nitro groups is 1. The molecule has 1 amide bonds. The maximum Gasteiger partial charge on any atom is 0.412 e. The molecule has 3 aromatic rings. The maximum absolute atomic E-state index is 11.8. The van der Waals surface area contributed by atoms with Crippen molar-refractivity contribution in [2.24, 2.45) is 0 Å². The Morgan fingerprint density at radius 1 is 1.22 bits per heavy atom. The van der Waals surface area contributed by atoms with E-state index in [2.05, 4.69) is 20.7 Å². The second-order valence-electron chi connectivity index (χ2n) is 4.62. The number of rotatable bonds is 4. The van der Waals surface area contributed by atoms with Gasteiger partial charge in [-0.3, -0.25) is 15.4 Å². The van der Waals surface area contributed by atoms with Gasteiger partial charge in [-0.05, 0) is 29.8 Å². The monoisotopic (exact) mass is 313 g/mol. The van der Waals surface area contributed by atoms with Crippen LogP contribution in [0.5, 0.6) is 0 Å². The van der Waals surface area contributed by atoms with Gasteiger partial charge < -0.3 is 4.74 Å². The van der Waals surface area contributed by atoms with E-state index in [1.54, 1.807) is 18.2 Å². The smallest absolute Gasteiger partial charge is 0.412 e. The van der Waals surface area contributed by atoms with Crippen molar-refractivity contribution in [1.82, 2.24) is 15.4 Å². The van der Waals surface area contributed by atoms with Crippen LogP contribution in [0.2, 0.25) is 0 Å². The Bertz CT molecular complexity index is 859. The first-order chi connectivity index (χ1) is 11.1. The van der Waals surface area contributed by atoms with Gasteiger partial charge in [-0.15, -0.1) is 0 Å². The molecule has 0 aliphatic rings. The molecule has 0 saturated heterocycles. The van der Waals surface area contributed by atoms with Crippen LogP contribution in [0.1, 0.15) is 5.56 Å². The standard InChI is InChI=1S/C14H11N5O4/c20-14(15-11-2-1-3-12-13(11)17-18-16-12)23-8-9-4-6-10(7-5-9)19(21)22/h1-7H,8H2,(H,15,20)(H,16,17,18). The molecule has 0 fully saturated rings. The second-order valence-corrected chi connectivity index (χ2v) is 4.62. The molecule has 23 heavy (non-hydrogen) atoms. The molecular formula is C14H11N5O4. The molecular weight excluding hydrogens is 302 g/mol. The van der Waals surface area contributed by atoms with Gasteiger partial charge in [0.25, 0.3) is 5.69 Å². The zero-order chi connectivity index (χ0) is 16.2. The fourth-order valence-corrected chi connectivity index (χ4v) is 1.98. The van der Waals surface area contributed by atoms with E-state index in [1.165, 1.54) is 24.3 Å². The number of H-pyrrole nitrogens is 1. The number of nitrogens with zero attached hydrogens (tertiary/aromatic N) is 3. The Morgan fingerprint density at radius 3 is 2.74 bits per heavy atom. The van der Waals surface area contributed by atoms with Crippen LogP contribution in [0.15, 0.2) is 42.5 Å². The molecule has 0 spiro atoms. The minimum atomic E-state index is -0.654. The molecule has 3 rings (SSSR count). The molecule has 0 bridgehead atoms. The quantitative estimate of drug-likeness (QED) is 0.563. The SMILES string of the molecule is O=C(Nc1cccc2n[nH]nc12)OCc1ccc([N+](=O)[O-])cc1. The first-order valence-electron chi connectivity index (χ1n) is 6.60. The van der Waals surface area contributed by atoms with Crippen LogP contribution in [0.25, 0.3) is 11.0 Å². The van der Waals surface area contributed by atoms with Crippen LogP contribution in [0.4, 0.5) is 16.2 Å². The van der Waals surface area contributed by atoms with Crippen molar-refractivity contribution >= 4 is 28.5 Å². The number of carbonyl (C=O) groups is 1. The number of aromatic amines is 1.